The van der Waals surface area contributed by atoms with Crippen molar-refractivity contribution in [2.75, 3.05) is 14.2 Å². The summed E-state index contributed by atoms with van der Waals surface area (Å²) in [6.45, 7) is 0. The number of ketones is 2. The first-order valence-corrected chi connectivity index (χ1v) is 9.08. The van der Waals surface area contributed by atoms with Crippen LogP contribution in [0.1, 0.15) is 38.6 Å². The highest BCUT2D eigenvalue weighted by molar-refractivity contribution is 6.25. The second-order valence-corrected chi connectivity index (χ2v) is 6.64. The van der Waals surface area contributed by atoms with Crippen LogP contribution in [-0.2, 0) is 19.1 Å². The van der Waals surface area contributed by atoms with E-state index in [1.54, 1.807) is 48.5 Å². The van der Waals surface area contributed by atoms with Gasteiger partial charge in [0.2, 0.25) is 0 Å². The fourth-order valence-corrected chi connectivity index (χ4v) is 3.53. The maximum absolute atomic E-state index is 13.2. The third-order valence-corrected chi connectivity index (χ3v) is 5.01. The predicted octanol–water partition coefficient (Wildman–Crippen LogP) is 3.13. The van der Waals surface area contributed by atoms with Crippen molar-refractivity contribution >= 4 is 23.5 Å². The molecule has 1 atom stereocenters. The van der Waals surface area contributed by atoms with E-state index in [1.165, 1.54) is 20.3 Å². The third-order valence-electron chi connectivity index (χ3n) is 5.01. The first-order valence-electron chi connectivity index (χ1n) is 9.08. The molecule has 1 aliphatic rings. The van der Waals surface area contributed by atoms with Crippen molar-refractivity contribution < 1.29 is 28.7 Å². The van der Waals surface area contributed by atoms with Gasteiger partial charge in [-0.05, 0) is 18.1 Å². The van der Waals surface area contributed by atoms with Crippen molar-refractivity contribution in [2.24, 2.45) is 5.92 Å². The summed E-state index contributed by atoms with van der Waals surface area (Å²) in [6, 6.07) is 15.6. The highest BCUT2D eigenvalue weighted by Crippen LogP contribution is 2.36. The number of rotatable bonds is 6. The molecule has 3 rings (SSSR count). The second kappa shape index (κ2) is 8.65. The first-order chi connectivity index (χ1) is 14.0. The van der Waals surface area contributed by atoms with Crippen LogP contribution in [0.2, 0.25) is 0 Å². The Hall–Kier alpha value is -3.54. The summed E-state index contributed by atoms with van der Waals surface area (Å²) < 4.78 is 9.51. The van der Waals surface area contributed by atoms with Gasteiger partial charge in [-0.15, -0.1) is 0 Å². The number of ether oxygens (including phenoxy) is 2. The zero-order valence-electron chi connectivity index (χ0n) is 16.1. The molecule has 148 valence electrons. The molecule has 0 aromatic heterocycles. The summed E-state index contributed by atoms with van der Waals surface area (Å²) in [5, 5.41) is 0. The van der Waals surface area contributed by atoms with Crippen molar-refractivity contribution in [1.29, 1.82) is 0 Å². The van der Waals surface area contributed by atoms with Gasteiger partial charge in [0.25, 0.3) is 0 Å². The first kappa shape index (κ1) is 20.2. The molecule has 0 aliphatic heterocycles. The molecule has 29 heavy (non-hydrogen) atoms. The van der Waals surface area contributed by atoms with Crippen molar-refractivity contribution in [1.82, 2.24) is 0 Å². The van der Waals surface area contributed by atoms with E-state index in [0.29, 0.717) is 16.7 Å². The van der Waals surface area contributed by atoms with Crippen molar-refractivity contribution in [2.45, 2.75) is 12.3 Å². The summed E-state index contributed by atoms with van der Waals surface area (Å²) in [4.78, 5) is 50.2. The lowest BCUT2D eigenvalue weighted by atomic mass is 9.76. The molecule has 0 radical (unpaired) electrons. The van der Waals surface area contributed by atoms with Crippen LogP contribution in [0.3, 0.4) is 0 Å². The van der Waals surface area contributed by atoms with E-state index in [9.17, 15) is 19.2 Å². The average Bonchev–Trinajstić information content (AvgIpc) is 2.77. The van der Waals surface area contributed by atoms with E-state index in [4.69, 9.17) is 9.47 Å². The molecular formula is C23H20O6. The van der Waals surface area contributed by atoms with E-state index in [2.05, 4.69) is 0 Å². The van der Waals surface area contributed by atoms with Gasteiger partial charge in [-0.1, -0.05) is 54.6 Å². The summed E-state index contributed by atoms with van der Waals surface area (Å²) in [5.74, 6) is -3.99. The van der Waals surface area contributed by atoms with E-state index >= 15 is 0 Å². The number of allylic oxidation sites excluding steroid dienone is 2. The molecule has 1 unspecified atom stereocenters. The van der Waals surface area contributed by atoms with Gasteiger partial charge in [-0.25, -0.2) is 0 Å². The lowest BCUT2D eigenvalue weighted by molar-refractivity contribution is -0.159. The predicted molar refractivity (Wildman–Crippen MR) is 105 cm³/mol. The van der Waals surface area contributed by atoms with Crippen LogP contribution in [0.5, 0.6) is 0 Å². The van der Waals surface area contributed by atoms with Crippen LogP contribution >= 0.6 is 0 Å². The molecule has 6 nitrogen and oxygen atoms in total. The second-order valence-electron chi connectivity index (χ2n) is 6.64. The minimum atomic E-state index is -1.23. The zero-order valence-corrected chi connectivity index (χ0v) is 16.1. The summed E-state index contributed by atoms with van der Waals surface area (Å²) >= 11 is 0. The van der Waals surface area contributed by atoms with Crippen molar-refractivity contribution in [3.8, 4) is 0 Å². The number of fused-ring (bicyclic) bond motifs is 1. The smallest absolute Gasteiger partial charge is 0.320 e. The van der Waals surface area contributed by atoms with E-state index in [0.717, 1.165) is 0 Å². The van der Waals surface area contributed by atoms with Gasteiger partial charge in [0, 0.05) is 22.6 Å². The molecule has 2 aromatic rings. The van der Waals surface area contributed by atoms with Crippen LogP contribution in [0, 0.1) is 5.92 Å². The van der Waals surface area contributed by atoms with E-state index in [-0.39, 0.29) is 23.6 Å². The average molecular weight is 392 g/mol. The highest BCUT2D eigenvalue weighted by Gasteiger charge is 2.37. The Morgan fingerprint density at radius 2 is 1.38 bits per heavy atom. The minimum Gasteiger partial charge on any atom is -0.468 e. The summed E-state index contributed by atoms with van der Waals surface area (Å²) in [6.07, 6.45) is 1.24. The standard InChI is InChI=1S/C23H20O6/c1-28-22(26)19(23(27)29-2)12-17(14-8-4-3-5-9-14)18-13-20(24)15-10-6-7-11-16(15)21(18)25/h3-11,13,17,19H,12H2,1-2H3. The molecule has 0 amide bonds. The molecule has 0 fully saturated rings. The number of hydrogen-bond donors (Lipinski definition) is 0. The maximum Gasteiger partial charge on any atom is 0.320 e. The van der Waals surface area contributed by atoms with Gasteiger partial charge in [-0.3, -0.25) is 19.2 Å². The number of methoxy groups -OCH3 is 2. The zero-order chi connectivity index (χ0) is 21.0. The lowest BCUT2D eigenvalue weighted by Crippen LogP contribution is -2.30. The fraction of sp³-hybridized carbons (Fsp3) is 0.217. The third kappa shape index (κ3) is 4.01. The molecule has 0 saturated heterocycles. The molecule has 6 heteroatoms. The number of carbonyl (C=O) groups is 4. The van der Waals surface area contributed by atoms with Crippen LogP contribution in [0.15, 0.2) is 66.2 Å². The van der Waals surface area contributed by atoms with Crippen molar-refractivity contribution in [3.63, 3.8) is 0 Å². The molecule has 2 aromatic carbocycles. The number of Topliss-reactive ketones (excluding diaryl/α,β-unsaturated/α-hetero) is 1. The Morgan fingerprint density at radius 1 is 0.828 bits per heavy atom. The van der Waals surface area contributed by atoms with Gasteiger partial charge in [-0.2, -0.15) is 0 Å². The monoisotopic (exact) mass is 392 g/mol. The maximum atomic E-state index is 13.2. The Morgan fingerprint density at radius 3 is 1.97 bits per heavy atom. The number of hydrogen-bond acceptors (Lipinski definition) is 6. The fourth-order valence-electron chi connectivity index (χ4n) is 3.53. The van der Waals surface area contributed by atoms with Crippen LogP contribution in [0.25, 0.3) is 0 Å². The van der Waals surface area contributed by atoms with Gasteiger partial charge >= 0.3 is 11.9 Å². The van der Waals surface area contributed by atoms with E-state index in [1.807, 2.05) is 6.07 Å². The van der Waals surface area contributed by atoms with Crippen LogP contribution in [-0.4, -0.2) is 37.7 Å². The molecule has 0 saturated carbocycles. The Balaban J connectivity index is 2.08. The summed E-state index contributed by atoms with van der Waals surface area (Å²) in [7, 11) is 2.36. The van der Waals surface area contributed by atoms with Crippen LogP contribution in [0.4, 0.5) is 0 Å². The molecule has 0 spiro atoms. The van der Waals surface area contributed by atoms with Crippen LogP contribution < -0.4 is 0 Å². The van der Waals surface area contributed by atoms with Gasteiger partial charge in [0.1, 0.15) is 0 Å². The summed E-state index contributed by atoms with van der Waals surface area (Å²) in [5.41, 5.74) is 1.59. The highest BCUT2D eigenvalue weighted by atomic mass is 16.5. The van der Waals surface area contributed by atoms with E-state index < -0.39 is 23.8 Å². The number of benzene rings is 2. The Labute approximate surface area is 168 Å². The molecule has 1 aliphatic carbocycles. The number of carbonyl (C=O) groups excluding carboxylic acids is 4. The van der Waals surface area contributed by atoms with Gasteiger partial charge in [0.15, 0.2) is 17.5 Å². The molecule has 0 heterocycles. The van der Waals surface area contributed by atoms with Crippen molar-refractivity contribution in [3.05, 3.63) is 82.9 Å². The normalized spacial score (nSPS) is 14.1. The number of esters is 2. The molecule has 0 N–H and O–H groups in total. The Kier molecular flexibility index (Phi) is 6.02. The van der Waals surface area contributed by atoms with Gasteiger partial charge in [0.05, 0.1) is 14.2 Å². The molecule has 0 bridgehead atoms. The minimum absolute atomic E-state index is 0.0591. The topological polar surface area (TPSA) is 86.7 Å². The quantitative estimate of drug-likeness (QED) is 0.555. The lowest BCUT2D eigenvalue weighted by Gasteiger charge is -2.25. The SMILES string of the molecule is COC(=O)C(CC(C1=CC(=O)c2ccccc2C1=O)c1ccccc1)C(=O)OC. The molecular weight excluding hydrogens is 372 g/mol. The largest absolute Gasteiger partial charge is 0.468 e. The van der Waals surface area contributed by atoms with Gasteiger partial charge < -0.3 is 9.47 Å². The Bertz CT molecular complexity index is 973.